The Labute approximate surface area is 171 Å². The van der Waals surface area contributed by atoms with Gasteiger partial charge in [-0.3, -0.25) is 9.59 Å². The van der Waals surface area contributed by atoms with Gasteiger partial charge in [-0.15, -0.1) is 0 Å². The fourth-order valence-corrected chi connectivity index (χ4v) is 2.47. The molecule has 0 aliphatic carbocycles. The number of hydrogen-bond donors (Lipinski definition) is 0. The minimum absolute atomic E-state index is 0.0191. The topological polar surface area (TPSA) is 71.1 Å². The van der Waals surface area contributed by atoms with Crippen LogP contribution in [0.2, 0.25) is 0 Å². The van der Waals surface area contributed by atoms with Crippen molar-refractivity contribution in [2.45, 2.75) is 13.8 Å². The molecule has 0 N–H and O–H groups in total. The molecule has 0 fully saturated rings. The molecule has 0 radical (unpaired) electrons. The molecule has 0 spiro atoms. The van der Waals surface area contributed by atoms with Gasteiger partial charge in [-0.2, -0.15) is 0 Å². The first-order valence-electron chi connectivity index (χ1n) is 9.40. The fraction of sp³-hybridized carbons (Fsp3) is 0.304. The van der Waals surface area contributed by atoms with E-state index in [2.05, 4.69) is 0 Å². The summed E-state index contributed by atoms with van der Waals surface area (Å²) in [6.07, 6.45) is 3.08. The van der Waals surface area contributed by atoms with Crippen molar-refractivity contribution in [3.05, 3.63) is 72.8 Å². The van der Waals surface area contributed by atoms with Crippen LogP contribution < -0.4 is 9.47 Å². The summed E-state index contributed by atoms with van der Waals surface area (Å²) in [4.78, 5) is 25.0. The molecule has 154 valence electrons. The van der Waals surface area contributed by atoms with E-state index in [9.17, 15) is 9.59 Å². The van der Waals surface area contributed by atoms with Crippen LogP contribution in [0.5, 0.6) is 11.5 Å². The Balaban J connectivity index is 1.79. The molecule has 0 aromatic heterocycles. The monoisotopic (exact) mass is 398 g/mol. The van der Waals surface area contributed by atoms with Gasteiger partial charge >= 0.3 is 11.9 Å². The number of carbonyl (C=O) groups is 2. The van der Waals surface area contributed by atoms with Crippen LogP contribution in [0.4, 0.5) is 0 Å². The van der Waals surface area contributed by atoms with Crippen LogP contribution in [0.3, 0.4) is 0 Å². The molecule has 0 saturated heterocycles. The van der Waals surface area contributed by atoms with Crippen LogP contribution in [0.1, 0.15) is 13.8 Å². The van der Waals surface area contributed by atoms with E-state index in [4.69, 9.17) is 18.9 Å². The molecule has 6 heteroatoms. The van der Waals surface area contributed by atoms with Gasteiger partial charge in [0.05, 0.1) is 0 Å². The molecule has 6 nitrogen and oxygen atoms in total. The average molecular weight is 398 g/mol. The van der Waals surface area contributed by atoms with Crippen molar-refractivity contribution in [3.63, 3.8) is 0 Å². The molecular formula is C23H26O6. The van der Waals surface area contributed by atoms with E-state index in [1.165, 1.54) is 13.0 Å². The van der Waals surface area contributed by atoms with Crippen molar-refractivity contribution in [3.8, 4) is 11.5 Å². The average Bonchev–Trinajstić information content (AvgIpc) is 2.75. The minimum atomic E-state index is -1.53. The Bertz CT molecular complexity index is 726. The van der Waals surface area contributed by atoms with Gasteiger partial charge in [-0.05, 0) is 38.1 Å². The second-order valence-corrected chi connectivity index (χ2v) is 6.30. The summed E-state index contributed by atoms with van der Waals surface area (Å²) in [5.74, 6) is -0.0299. The van der Waals surface area contributed by atoms with E-state index >= 15 is 0 Å². The zero-order chi connectivity index (χ0) is 21.0. The standard InChI is InChI=1S/C23H26O6/c1-3-14-23(2,21(24)28-17-15-26-19-10-6-4-7-11-19)22(25)29-18-16-27-20-12-8-5-9-13-20/h3-14H,15-18H2,1-2H3. The van der Waals surface area contributed by atoms with E-state index in [1.807, 2.05) is 36.4 Å². The zero-order valence-electron chi connectivity index (χ0n) is 16.7. The van der Waals surface area contributed by atoms with E-state index in [-0.39, 0.29) is 26.4 Å². The number of hydrogen-bond acceptors (Lipinski definition) is 6. The van der Waals surface area contributed by atoms with Gasteiger partial charge in [0.1, 0.15) is 37.9 Å². The van der Waals surface area contributed by atoms with Crippen molar-refractivity contribution in [1.29, 1.82) is 0 Å². The first-order chi connectivity index (χ1) is 14.1. The normalized spacial score (nSPS) is 11.1. The lowest BCUT2D eigenvalue weighted by atomic mass is 9.90. The van der Waals surface area contributed by atoms with Gasteiger partial charge in [-0.25, -0.2) is 0 Å². The summed E-state index contributed by atoms with van der Waals surface area (Å²) in [5, 5.41) is 0. The van der Waals surface area contributed by atoms with Gasteiger partial charge in [0, 0.05) is 0 Å². The predicted octanol–water partition coefficient (Wildman–Crippen LogP) is 3.81. The maximum absolute atomic E-state index is 12.5. The SMILES string of the molecule is CC=CC(C)(C(=O)OCCOc1ccccc1)C(=O)OCCOc1ccccc1. The maximum Gasteiger partial charge on any atom is 0.327 e. The van der Waals surface area contributed by atoms with Gasteiger partial charge in [0.2, 0.25) is 0 Å². The molecule has 0 bridgehead atoms. The largest absolute Gasteiger partial charge is 0.490 e. The van der Waals surface area contributed by atoms with E-state index < -0.39 is 17.4 Å². The summed E-state index contributed by atoms with van der Waals surface area (Å²) in [6, 6.07) is 18.4. The Kier molecular flexibility index (Phi) is 8.76. The highest BCUT2D eigenvalue weighted by molar-refractivity contribution is 6.01. The molecule has 0 unspecified atom stereocenters. The molecule has 2 rings (SSSR count). The molecule has 0 aliphatic rings. The Morgan fingerprint density at radius 1 is 0.759 bits per heavy atom. The van der Waals surface area contributed by atoms with Gasteiger partial charge in [-0.1, -0.05) is 48.6 Å². The summed E-state index contributed by atoms with van der Waals surface area (Å²) in [6.45, 7) is 3.59. The highest BCUT2D eigenvalue weighted by atomic mass is 16.6. The van der Waals surface area contributed by atoms with Crippen LogP contribution >= 0.6 is 0 Å². The van der Waals surface area contributed by atoms with Crippen LogP contribution in [-0.2, 0) is 19.1 Å². The smallest absolute Gasteiger partial charge is 0.327 e. The number of benzene rings is 2. The second kappa shape index (κ2) is 11.5. The Morgan fingerprint density at radius 2 is 1.17 bits per heavy atom. The molecule has 0 amide bonds. The first kappa shape index (κ1) is 22.0. The third-order valence-electron chi connectivity index (χ3n) is 4.00. The molecule has 0 atom stereocenters. The van der Waals surface area contributed by atoms with Crippen molar-refractivity contribution in [2.75, 3.05) is 26.4 Å². The molecular weight excluding hydrogens is 372 g/mol. The third-order valence-corrected chi connectivity index (χ3v) is 4.00. The van der Waals surface area contributed by atoms with Gasteiger partial charge < -0.3 is 18.9 Å². The van der Waals surface area contributed by atoms with Crippen LogP contribution in [0.25, 0.3) is 0 Å². The second-order valence-electron chi connectivity index (χ2n) is 6.30. The lowest BCUT2D eigenvalue weighted by molar-refractivity contribution is -0.168. The van der Waals surface area contributed by atoms with Gasteiger partial charge in [0.25, 0.3) is 0 Å². The summed E-state index contributed by atoms with van der Waals surface area (Å²) in [5.41, 5.74) is -1.53. The first-order valence-corrected chi connectivity index (χ1v) is 9.40. The molecule has 2 aromatic carbocycles. The van der Waals surface area contributed by atoms with E-state index in [1.54, 1.807) is 37.3 Å². The Morgan fingerprint density at radius 3 is 1.55 bits per heavy atom. The number of rotatable bonds is 11. The van der Waals surface area contributed by atoms with E-state index in [0.29, 0.717) is 11.5 Å². The number of allylic oxidation sites excluding steroid dienone is 1. The fourth-order valence-electron chi connectivity index (χ4n) is 2.47. The lowest BCUT2D eigenvalue weighted by Crippen LogP contribution is -2.39. The number of esters is 2. The molecule has 0 aliphatic heterocycles. The van der Waals surface area contributed by atoms with Crippen LogP contribution in [0.15, 0.2) is 72.8 Å². The zero-order valence-corrected chi connectivity index (χ0v) is 16.7. The molecule has 0 saturated carbocycles. The van der Waals surface area contributed by atoms with Gasteiger partial charge in [0.15, 0.2) is 5.41 Å². The highest BCUT2D eigenvalue weighted by Crippen LogP contribution is 2.23. The summed E-state index contributed by atoms with van der Waals surface area (Å²) < 4.78 is 21.4. The molecule has 0 heterocycles. The lowest BCUT2D eigenvalue weighted by Gasteiger charge is -2.22. The molecule has 29 heavy (non-hydrogen) atoms. The van der Waals surface area contributed by atoms with Crippen molar-refractivity contribution in [2.24, 2.45) is 5.41 Å². The van der Waals surface area contributed by atoms with Crippen LogP contribution in [0, 0.1) is 5.41 Å². The van der Waals surface area contributed by atoms with Crippen LogP contribution in [-0.4, -0.2) is 38.4 Å². The van der Waals surface area contributed by atoms with Crippen molar-refractivity contribution < 1.29 is 28.5 Å². The predicted molar refractivity (Wildman–Crippen MR) is 109 cm³/mol. The number of ether oxygens (including phenoxy) is 4. The third kappa shape index (κ3) is 6.99. The molecule has 2 aromatic rings. The quantitative estimate of drug-likeness (QED) is 0.248. The van der Waals surface area contributed by atoms with Crippen molar-refractivity contribution >= 4 is 11.9 Å². The summed E-state index contributed by atoms with van der Waals surface area (Å²) in [7, 11) is 0. The van der Waals surface area contributed by atoms with Crippen molar-refractivity contribution in [1.82, 2.24) is 0 Å². The Hall–Kier alpha value is -3.28. The highest BCUT2D eigenvalue weighted by Gasteiger charge is 2.42. The summed E-state index contributed by atoms with van der Waals surface area (Å²) >= 11 is 0. The maximum atomic E-state index is 12.5. The van der Waals surface area contributed by atoms with E-state index in [0.717, 1.165) is 0 Å². The number of para-hydroxylation sites is 2. The minimum Gasteiger partial charge on any atom is -0.490 e. The number of carbonyl (C=O) groups excluding carboxylic acids is 2.